The van der Waals surface area contributed by atoms with Gasteiger partial charge < -0.3 is 5.11 Å². The predicted octanol–water partition coefficient (Wildman–Crippen LogP) is 4.77. The zero-order valence-corrected chi connectivity index (χ0v) is 13.8. The Balaban J connectivity index is 2.16. The molecule has 0 aliphatic heterocycles. The van der Waals surface area contributed by atoms with Crippen molar-refractivity contribution in [3.63, 3.8) is 0 Å². The van der Waals surface area contributed by atoms with Crippen LogP contribution < -0.4 is 5.43 Å². The normalized spacial score (nSPS) is 10.9. The summed E-state index contributed by atoms with van der Waals surface area (Å²) in [5, 5.41) is 14.5. The molecule has 2 rings (SSSR count). The highest BCUT2D eigenvalue weighted by Gasteiger charge is 2.10. The lowest BCUT2D eigenvalue weighted by Gasteiger charge is -2.04. The third-order valence-electron chi connectivity index (χ3n) is 2.60. The Kier molecular flexibility index (Phi) is 5.53. The summed E-state index contributed by atoms with van der Waals surface area (Å²) in [5.74, 6) is -0.735. The number of benzene rings is 2. The van der Waals surface area contributed by atoms with Gasteiger partial charge in [-0.3, -0.25) is 4.79 Å². The molecule has 0 aliphatic rings. The van der Waals surface area contributed by atoms with Crippen LogP contribution in [0.3, 0.4) is 0 Å². The number of hydrogen-bond donors (Lipinski definition) is 2. The van der Waals surface area contributed by atoms with Gasteiger partial charge in [0.15, 0.2) is 0 Å². The minimum absolute atomic E-state index is 0.0816. The Labute approximate surface area is 146 Å². The highest BCUT2D eigenvalue weighted by Crippen LogP contribution is 2.30. The molecule has 1 amide bonds. The van der Waals surface area contributed by atoms with E-state index in [0.29, 0.717) is 10.0 Å². The maximum atomic E-state index is 11.9. The molecule has 2 N–H and O–H groups in total. The van der Waals surface area contributed by atoms with Gasteiger partial charge in [0.2, 0.25) is 0 Å². The van der Waals surface area contributed by atoms with Crippen molar-refractivity contribution in [1.29, 1.82) is 0 Å². The van der Waals surface area contributed by atoms with Crippen molar-refractivity contribution in [2.75, 3.05) is 0 Å². The molecule has 0 saturated heterocycles. The summed E-state index contributed by atoms with van der Waals surface area (Å²) in [6.07, 6.45) is 1.21. The van der Waals surface area contributed by atoms with E-state index in [-0.39, 0.29) is 26.9 Å². The van der Waals surface area contributed by atoms with Crippen LogP contribution in [-0.2, 0) is 0 Å². The summed E-state index contributed by atoms with van der Waals surface area (Å²) in [6.45, 7) is 0. The molecular weight excluding hydrogens is 370 g/mol. The first-order valence-electron chi connectivity index (χ1n) is 5.85. The van der Waals surface area contributed by atoms with Crippen LogP contribution in [0.2, 0.25) is 20.1 Å². The number of aromatic hydroxyl groups is 1. The maximum Gasteiger partial charge on any atom is 0.272 e. The second-order valence-corrected chi connectivity index (χ2v) is 5.84. The number of carbonyl (C=O) groups is 1. The molecule has 22 heavy (non-hydrogen) atoms. The van der Waals surface area contributed by atoms with Gasteiger partial charge in [0.25, 0.3) is 5.91 Å². The lowest BCUT2D eigenvalue weighted by Crippen LogP contribution is -2.18. The van der Waals surface area contributed by atoms with Crippen LogP contribution in [0.1, 0.15) is 15.9 Å². The van der Waals surface area contributed by atoms with Crippen LogP contribution in [-0.4, -0.2) is 17.2 Å². The van der Waals surface area contributed by atoms with Crippen molar-refractivity contribution in [3.8, 4) is 5.75 Å². The number of nitrogens with one attached hydrogen (secondary N) is 1. The highest BCUT2D eigenvalue weighted by atomic mass is 35.5. The predicted molar refractivity (Wildman–Crippen MR) is 89.6 cm³/mol. The van der Waals surface area contributed by atoms with E-state index < -0.39 is 5.91 Å². The van der Waals surface area contributed by atoms with Gasteiger partial charge in [0.05, 0.1) is 21.8 Å². The summed E-state index contributed by atoms with van der Waals surface area (Å²) in [4.78, 5) is 11.9. The number of phenols is 1. The maximum absolute atomic E-state index is 11.9. The van der Waals surface area contributed by atoms with Crippen molar-refractivity contribution in [2.45, 2.75) is 0 Å². The number of carbonyl (C=O) groups excluding carboxylic acids is 1. The molecule has 0 aromatic heterocycles. The molecule has 8 heteroatoms. The van der Waals surface area contributed by atoms with Crippen LogP contribution in [0.15, 0.2) is 35.4 Å². The molecule has 0 aliphatic carbocycles. The van der Waals surface area contributed by atoms with E-state index in [0.717, 1.165) is 0 Å². The Morgan fingerprint density at radius 1 is 1.05 bits per heavy atom. The third kappa shape index (κ3) is 4.05. The fourth-order valence-electron chi connectivity index (χ4n) is 1.58. The van der Waals surface area contributed by atoms with Crippen molar-refractivity contribution in [2.24, 2.45) is 5.10 Å². The molecule has 0 unspecified atom stereocenters. The van der Waals surface area contributed by atoms with Crippen LogP contribution in [0, 0.1) is 0 Å². The summed E-state index contributed by atoms with van der Waals surface area (Å²) in [6, 6.07) is 7.33. The smallest absolute Gasteiger partial charge is 0.272 e. The van der Waals surface area contributed by atoms with E-state index in [1.165, 1.54) is 30.5 Å². The van der Waals surface area contributed by atoms with Crippen molar-refractivity contribution >= 4 is 58.5 Å². The lowest BCUT2D eigenvalue weighted by molar-refractivity contribution is 0.0955. The van der Waals surface area contributed by atoms with E-state index in [4.69, 9.17) is 46.4 Å². The van der Waals surface area contributed by atoms with E-state index >= 15 is 0 Å². The average Bonchev–Trinajstić information content (AvgIpc) is 2.46. The zero-order valence-electron chi connectivity index (χ0n) is 10.8. The highest BCUT2D eigenvalue weighted by molar-refractivity contribution is 6.36. The first-order valence-corrected chi connectivity index (χ1v) is 7.36. The summed E-state index contributed by atoms with van der Waals surface area (Å²) in [7, 11) is 0. The summed E-state index contributed by atoms with van der Waals surface area (Å²) < 4.78 is 0. The summed E-state index contributed by atoms with van der Waals surface area (Å²) in [5.41, 5.74) is 2.71. The SMILES string of the molecule is O=C(N/N=C/c1cc(Cl)cc(Cl)c1O)c1cc(Cl)ccc1Cl. The number of phenolic OH excluding ortho intramolecular Hbond substituents is 1. The van der Waals surface area contributed by atoms with Gasteiger partial charge >= 0.3 is 0 Å². The van der Waals surface area contributed by atoms with Gasteiger partial charge in [0.1, 0.15) is 5.75 Å². The van der Waals surface area contributed by atoms with E-state index in [1.54, 1.807) is 6.07 Å². The quantitative estimate of drug-likeness (QED) is 0.597. The zero-order chi connectivity index (χ0) is 16.3. The van der Waals surface area contributed by atoms with Gasteiger partial charge in [-0.15, -0.1) is 0 Å². The molecular formula is C14H8Cl4N2O2. The minimum atomic E-state index is -0.545. The van der Waals surface area contributed by atoms with Gasteiger partial charge in [-0.05, 0) is 30.3 Å². The van der Waals surface area contributed by atoms with Gasteiger partial charge in [-0.1, -0.05) is 46.4 Å². The second kappa shape index (κ2) is 7.20. The van der Waals surface area contributed by atoms with Crippen molar-refractivity contribution in [3.05, 3.63) is 61.5 Å². The molecule has 0 radical (unpaired) electrons. The largest absolute Gasteiger partial charge is 0.506 e. The van der Waals surface area contributed by atoms with E-state index in [1.807, 2.05) is 0 Å². The molecule has 2 aromatic carbocycles. The lowest BCUT2D eigenvalue weighted by atomic mass is 10.2. The van der Waals surface area contributed by atoms with Gasteiger partial charge in [0, 0.05) is 15.6 Å². The monoisotopic (exact) mass is 376 g/mol. The number of nitrogens with zero attached hydrogens (tertiary/aromatic N) is 1. The number of amides is 1. The van der Waals surface area contributed by atoms with Crippen LogP contribution in [0.4, 0.5) is 0 Å². The van der Waals surface area contributed by atoms with Crippen molar-refractivity contribution < 1.29 is 9.90 Å². The Hall–Kier alpha value is -1.46. The summed E-state index contributed by atoms with van der Waals surface area (Å²) >= 11 is 23.3. The molecule has 0 saturated carbocycles. The van der Waals surface area contributed by atoms with E-state index in [9.17, 15) is 9.90 Å². The molecule has 0 heterocycles. The Morgan fingerprint density at radius 3 is 2.50 bits per heavy atom. The fraction of sp³-hybridized carbons (Fsp3) is 0. The molecule has 0 bridgehead atoms. The van der Waals surface area contributed by atoms with Crippen molar-refractivity contribution in [1.82, 2.24) is 5.43 Å². The number of hydrazone groups is 1. The molecule has 4 nitrogen and oxygen atoms in total. The molecule has 0 spiro atoms. The number of rotatable bonds is 3. The van der Waals surface area contributed by atoms with Crippen LogP contribution in [0.5, 0.6) is 5.75 Å². The minimum Gasteiger partial charge on any atom is -0.506 e. The fourth-order valence-corrected chi connectivity index (χ4v) is 2.46. The third-order valence-corrected chi connectivity index (χ3v) is 3.67. The van der Waals surface area contributed by atoms with Crippen LogP contribution >= 0.6 is 46.4 Å². The Morgan fingerprint density at radius 2 is 1.77 bits per heavy atom. The molecule has 114 valence electrons. The topological polar surface area (TPSA) is 61.7 Å². The first kappa shape index (κ1) is 16.9. The molecule has 2 aromatic rings. The first-order chi connectivity index (χ1) is 10.4. The molecule has 0 atom stereocenters. The molecule has 0 fully saturated rings. The second-order valence-electron chi connectivity index (χ2n) is 4.15. The number of hydrogen-bond acceptors (Lipinski definition) is 3. The van der Waals surface area contributed by atoms with Gasteiger partial charge in [-0.2, -0.15) is 5.10 Å². The van der Waals surface area contributed by atoms with Gasteiger partial charge in [-0.25, -0.2) is 5.43 Å². The van der Waals surface area contributed by atoms with E-state index in [2.05, 4.69) is 10.5 Å². The number of halogens is 4. The standard InChI is InChI=1S/C14H8Cl4N2O2/c15-8-1-2-11(17)10(4-8)14(22)20-19-6-7-3-9(16)5-12(18)13(7)21/h1-6,21H,(H,20,22)/b19-6+. The Bertz CT molecular complexity index is 763. The average molecular weight is 378 g/mol. The van der Waals surface area contributed by atoms with Crippen LogP contribution in [0.25, 0.3) is 0 Å².